The molecule has 0 saturated heterocycles. The van der Waals surface area contributed by atoms with Crippen LogP contribution in [0.25, 0.3) is 11.3 Å². The summed E-state index contributed by atoms with van der Waals surface area (Å²) >= 11 is 0. The molecule has 3 aromatic heterocycles. The highest BCUT2D eigenvalue weighted by Crippen LogP contribution is 2.30. The molecule has 0 unspecified atom stereocenters. The van der Waals surface area contributed by atoms with Gasteiger partial charge in [-0.3, -0.25) is 9.78 Å². The molecule has 3 aromatic rings. The summed E-state index contributed by atoms with van der Waals surface area (Å²) in [6.45, 7) is 3.51. The number of methoxy groups -OCH3 is 1. The normalized spacial score (nSPS) is 11.5. The summed E-state index contributed by atoms with van der Waals surface area (Å²) in [5.41, 5.74) is 7.65. The first-order chi connectivity index (χ1) is 15.2. The van der Waals surface area contributed by atoms with Crippen molar-refractivity contribution in [2.24, 2.45) is 5.73 Å². The Kier molecular flexibility index (Phi) is 7.03. The molecule has 1 amide bonds. The van der Waals surface area contributed by atoms with E-state index in [1.807, 2.05) is 6.92 Å². The zero-order chi connectivity index (χ0) is 23.3. The average Bonchev–Trinajstić information content (AvgIpc) is 3.19. The molecular formula is C20H24F2N8O2. The Labute approximate surface area is 183 Å². The first kappa shape index (κ1) is 23.1. The highest BCUT2D eigenvalue weighted by molar-refractivity contribution is 5.80. The first-order valence-corrected chi connectivity index (χ1v) is 9.89. The number of anilines is 2. The second kappa shape index (κ2) is 9.73. The highest BCUT2D eigenvalue weighted by atomic mass is 19.3. The van der Waals surface area contributed by atoms with Crippen LogP contribution < -0.4 is 11.1 Å². The van der Waals surface area contributed by atoms with Gasteiger partial charge < -0.3 is 15.8 Å². The van der Waals surface area contributed by atoms with Gasteiger partial charge in [-0.05, 0) is 12.5 Å². The standard InChI is InChI=1S/C20H24F2N8O2/c1-4-12-9-18(27-19(25-12)20(2,21)22)26-15-7-13(8-17(23)31)24-10-14(15)16-11-30(29-28-16)5-6-32-3/h7,9-11H,4-6,8H2,1-3H3,(H2,23,31)(H,24,25,26,27). The molecule has 10 nitrogen and oxygen atoms in total. The summed E-state index contributed by atoms with van der Waals surface area (Å²) < 4.78 is 34.5. The largest absolute Gasteiger partial charge is 0.383 e. The Morgan fingerprint density at radius 1 is 1.28 bits per heavy atom. The predicted octanol–water partition coefficient (Wildman–Crippen LogP) is 2.22. The molecule has 3 heterocycles. The van der Waals surface area contributed by atoms with Gasteiger partial charge in [-0.15, -0.1) is 5.10 Å². The number of hydrogen-bond acceptors (Lipinski definition) is 8. The second-order valence-corrected chi connectivity index (χ2v) is 7.16. The van der Waals surface area contributed by atoms with Crippen molar-refractivity contribution in [3.63, 3.8) is 0 Å². The van der Waals surface area contributed by atoms with Gasteiger partial charge in [-0.1, -0.05) is 12.1 Å². The molecule has 170 valence electrons. The summed E-state index contributed by atoms with van der Waals surface area (Å²) in [5.74, 6) is -4.16. The van der Waals surface area contributed by atoms with Crippen LogP contribution in [0.5, 0.6) is 0 Å². The molecule has 0 spiro atoms. The van der Waals surface area contributed by atoms with Gasteiger partial charge in [-0.25, -0.2) is 14.6 Å². The topological polar surface area (TPSA) is 134 Å². The lowest BCUT2D eigenvalue weighted by Crippen LogP contribution is -2.16. The number of alkyl halides is 2. The molecular weight excluding hydrogens is 422 g/mol. The van der Waals surface area contributed by atoms with E-state index in [9.17, 15) is 13.6 Å². The Bertz CT molecular complexity index is 1100. The van der Waals surface area contributed by atoms with Crippen molar-refractivity contribution in [1.82, 2.24) is 29.9 Å². The van der Waals surface area contributed by atoms with E-state index in [0.29, 0.717) is 47.9 Å². The van der Waals surface area contributed by atoms with Crippen LogP contribution in [-0.4, -0.2) is 49.6 Å². The van der Waals surface area contributed by atoms with Crippen molar-refractivity contribution in [3.05, 3.63) is 41.7 Å². The summed E-state index contributed by atoms with van der Waals surface area (Å²) in [7, 11) is 1.58. The van der Waals surface area contributed by atoms with Crippen LogP contribution in [0.3, 0.4) is 0 Å². The number of pyridine rings is 1. The SMILES string of the molecule is CCc1cc(Nc2cc(CC(N)=O)ncc2-c2cn(CCOC)nn2)nc(C(C)(F)F)n1. The Balaban J connectivity index is 2.03. The monoisotopic (exact) mass is 446 g/mol. The molecule has 3 N–H and O–H groups in total. The number of primary amides is 1. The van der Waals surface area contributed by atoms with Gasteiger partial charge in [0.2, 0.25) is 11.7 Å². The average molecular weight is 446 g/mol. The molecule has 0 aliphatic carbocycles. The maximum absolute atomic E-state index is 13.9. The van der Waals surface area contributed by atoms with Crippen LogP contribution >= 0.6 is 0 Å². The zero-order valence-electron chi connectivity index (χ0n) is 18.0. The molecule has 0 aromatic carbocycles. The lowest BCUT2D eigenvalue weighted by atomic mass is 10.1. The van der Waals surface area contributed by atoms with Crippen LogP contribution in [0.1, 0.15) is 31.1 Å². The summed E-state index contributed by atoms with van der Waals surface area (Å²) in [4.78, 5) is 23.5. The van der Waals surface area contributed by atoms with E-state index in [0.717, 1.165) is 6.92 Å². The van der Waals surface area contributed by atoms with E-state index in [-0.39, 0.29) is 12.2 Å². The van der Waals surface area contributed by atoms with E-state index < -0.39 is 17.7 Å². The fourth-order valence-electron chi connectivity index (χ4n) is 2.87. The van der Waals surface area contributed by atoms with E-state index in [1.54, 1.807) is 30.1 Å². The quantitative estimate of drug-likeness (QED) is 0.484. The van der Waals surface area contributed by atoms with Crippen LogP contribution in [0.4, 0.5) is 20.3 Å². The van der Waals surface area contributed by atoms with Crippen LogP contribution in [0, 0.1) is 0 Å². The van der Waals surface area contributed by atoms with Crippen molar-refractivity contribution >= 4 is 17.4 Å². The predicted molar refractivity (Wildman–Crippen MR) is 112 cm³/mol. The van der Waals surface area contributed by atoms with Crippen molar-refractivity contribution in [1.29, 1.82) is 0 Å². The smallest absolute Gasteiger partial charge is 0.303 e. The third kappa shape index (κ3) is 5.78. The number of nitrogens with one attached hydrogen (secondary N) is 1. The number of aromatic nitrogens is 6. The van der Waals surface area contributed by atoms with E-state index in [1.165, 1.54) is 6.20 Å². The molecule has 3 rings (SSSR count). The molecule has 0 aliphatic heterocycles. The Hall–Kier alpha value is -3.54. The van der Waals surface area contributed by atoms with Gasteiger partial charge in [0.1, 0.15) is 11.5 Å². The Morgan fingerprint density at radius 2 is 2.06 bits per heavy atom. The summed E-state index contributed by atoms with van der Waals surface area (Å²) in [6, 6.07) is 3.19. The van der Waals surface area contributed by atoms with Gasteiger partial charge in [0.05, 0.1) is 37.2 Å². The number of ether oxygens (including phenoxy) is 1. The van der Waals surface area contributed by atoms with Crippen LogP contribution in [0.15, 0.2) is 24.5 Å². The third-order valence-corrected chi connectivity index (χ3v) is 4.45. The number of halogens is 2. The first-order valence-electron chi connectivity index (χ1n) is 9.89. The van der Waals surface area contributed by atoms with Gasteiger partial charge >= 0.3 is 5.92 Å². The highest BCUT2D eigenvalue weighted by Gasteiger charge is 2.29. The van der Waals surface area contributed by atoms with Gasteiger partial charge in [0, 0.05) is 37.6 Å². The van der Waals surface area contributed by atoms with Crippen molar-refractivity contribution in [3.8, 4) is 11.3 Å². The second-order valence-electron chi connectivity index (χ2n) is 7.16. The zero-order valence-corrected chi connectivity index (χ0v) is 18.0. The number of nitrogens with two attached hydrogens (primary N) is 1. The molecule has 0 saturated carbocycles. The molecule has 12 heteroatoms. The van der Waals surface area contributed by atoms with Gasteiger partial charge in [0.25, 0.3) is 0 Å². The van der Waals surface area contributed by atoms with Gasteiger partial charge in [-0.2, -0.15) is 8.78 Å². The number of aryl methyl sites for hydroxylation is 1. The van der Waals surface area contributed by atoms with E-state index >= 15 is 0 Å². The number of nitrogens with zero attached hydrogens (tertiary/aromatic N) is 6. The van der Waals surface area contributed by atoms with E-state index in [4.69, 9.17) is 10.5 Å². The summed E-state index contributed by atoms with van der Waals surface area (Å²) in [6.07, 6.45) is 3.59. The maximum atomic E-state index is 13.9. The molecule has 0 radical (unpaired) electrons. The number of rotatable bonds is 10. The number of carbonyl (C=O) groups excluding carboxylic acids is 1. The molecule has 0 atom stereocenters. The van der Waals surface area contributed by atoms with Gasteiger partial charge in [0.15, 0.2) is 0 Å². The third-order valence-electron chi connectivity index (χ3n) is 4.45. The Morgan fingerprint density at radius 3 is 2.72 bits per heavy atom. The fraction of sp³-hybridized carbons (Fsp3) is 0.400. The minimum Gasteiger partial charge on any atom is -0.383 e. The number of hydrogen-bond donors (Lipinski definition) is 2. The molecule has 0 aliphatic rings. The minimum absolute atomic E-state index is 0.0856. The minimum atomic E-state index is -3.20. The molecule has 32 heavy (non-hydrogen) atoms. The van der Waals surface area contributed by atoms with Crippen molar-refractivity contribution in [2.75, 3.05) is 19.0 Å². The lowest BCUT2D eigenvalue weighted by Gasteiger charge is -2.15. The number of carbonyl (C=O) groups is 1. The van der Waals surface area contributed by atoms with Crippen LogP contribution in [0.2, 0.25) is 0 Å². The van der Waals surface area contributed by atoms with Crippen LogP contribution in [-0.2, 0) is 34.8 Å². The summed E-state index contributed by atoms with van der Waals surface area (Å²) in [5, 5.41) is 11.3. The lowest BCUT2D eigenvalue weighted by molar-refractivity contribution is -0.117. The van der Waals surface area contributed by atoms with E-state index in [2.05, 4.69) is 30.6 Å². The number of amides is 1. The molecule has 0 bridgehead atoms. The maximum Gasteiger partial charge on any atom is 0.303 e. The van der Waals surface area contributed by atoms with Crippen molar-refractivity contribution < 1.29 is 18.3 Å². The fourth-order valence-corrected chi connectivity index (χ4v) is 2.87. The van der Waals surface area contributed by atoms with Crippen molar-refractivity contribution in [2.45, 2.75) is 39.2 Å². The molecule has 0 fully saturated rings.